The predicted molar refractivity (Wildman–Crippen MR) is 82.1 cm³/mol. The lowest BCUT2D eigenvalue weighted by atomic mass is 10.0. The molecule has 21 heavy (non-hydrogen) atoms. The van der Waals surface area contributed by atoms with E-state index in [2.05, 4.69) is 12.2 Å². The predicted octanol–water partition coefficient (Wildman–Crippen LogP) is 1.92. The van der Waals surface area contributed by atoms with E-state index in [0.29, 0.717) is 23.1 Å². The number of carbonyl (C=O) groups is 1. The zero-order valence-corrected chi connectivity index (χ0v) is 13.0. The third kappa shape index (κ3) is 3.67. The smallest absolute Gasteiger partial charge is 0.257 e. The van der Waals surface area contributed by atoms with E-state index in [-0.39, 0.29) is 5.91 Å². The summed E-state index contributed by atoms with van der Waals surface area (Å²) < 4.78 is 10.5. The van der Waals surface area contributed by atoms with E-state index in [9.17, 15) is 4.79 Å². The first-order valence-corrected chi connectivity index (χ1v) is 7.44. The fourth-order valence-electron chi connectivity index (χ4n) is 2.72. The van der Waals surface area contributed by atoms with Gasteiger partial charge in [0.15, 0.2) is 0 Å². The van der Waals surface area contributed by atoms with Crippen LogP contribution in [0, 0.1) is 0 Å². The van der Waals surface area contributed by atoms with Crippen LogP contribution >= 0.6 is 0 Å². The van der Waals surface area contributed by atoms with Gasteiger partial charge in [-0.05, 0) is 31.5 Å². The molecule has 0 unspecified atom stereocenters. The minimum Gasteiger partial charge on any atom is -0.497 e. The van der Waals surface area contributed by atoms with Crippen LogP contribution in [0.15, 0.2) is 18.2 Å². The van der Waals surface area contributed by atoms with Gasteiger partial charge in [0.1, 0.15) is 11.5 Å². The van der Waals surface area contributed by atoms with Crippen LogP contribution in [0.25, 0.3) is 0 Å². The maximum Gasteiger partial charge on any atom is 0.257 e. The third-order valence-corrected chi connectivity index (χ3v) is 3.91. The van der Waals surface area contributed by atoms with Crippen molar-refractivity contribution in [1.82, 2.24) is 10.2 Å². The Morgan fingerprint density at radius 1 is 1.29 bits per heavy atom. The minimum atomic E-state index is 0.0319. The first-order valence-electron chi connectivity index (χ1n) is 7.44. The number of rotatable bonds is 5. The molecular weight excluding hydrogens is 268 g/mol. The Labute approximate surface area is 126 Å². The lowest BCUT2D eigenvalue weighted by Crippen LogP contribution is -2.44. The SMILES string of the molecule is CCNC1CCN(C(=O)c2ccc(OC)cc2OC)CC1. The molecule has 116 valence electrons. The average molecular weight is 292 g/mol. The Bertz CT molecular complexity index is 482. The standard InChI is InChI=1S/C16H24N2O3/c1-4-17-12-7-9-18(10-8-12)16(19)14-6-5-13(20-2)11-15(14)21-3/h5-6,11-12,17H,4,7-10H2,1-3H3. The Morgan fingerprint density at radius 2 is 2.00 bits per heavy atom. The number of benzene rings is 1. The van der Waals surface area contributed by atoms with Gasteiger partial charge in [-0.3, -0.25) is 4.79 Å². The molecule has 1 saturated heterocycles. The van der Waals surface area contributed by atoms with E-state index in [4.69, 9.17) is 9.47 Å². The molecule has 2 rings (SSSR count). The topological polar surface area (TPSA) is 50.8 Å². The molecule has 0 spiro atoms. The van der Waals surface area contributed by atoms with Crippen LogP contribution in [0.1, 0.15) is 30.1 Å². The van der Waals surface area contributed by atoms with Gasteiger partial charge in [0.2, 0.25) is 0 Å². The number of ether oxygens (including phenoxy) is 2. The number of hydrogen-bond donors (Lipinski definition) is 1. The second-order valence-electron chi connectivity index (χ2n) is 5.19. The molecule has 1 heterocycles. The molecule has 1 fully saturated rings. The first-order chi connectivity index (χ1) is 10.2. The van der Waals surface area contributed by atoms with Crippen molar-refractivity contribution >= 4 is 5.91 Å². The highest BCUT2D eigenvalue weighted by Crippen LogP contribution is 2.26. The van der Waals surface area contributed by atoms with Crippen molar-refractivity contribution in [3.05, 3.63) is 23.8 Å². The van der Waals surface area contributed by atoms with Crippen LogP contribution in [0.3, 0.4) is 0 Å². The molecule has 0 aliphatic carbocycles. The summed E-state index contributed by atoms with van der Waals surface area (Å²) in [6.07, 6.45) is 2.00. The molecular formula is C16H24N2O3. The summed E-state index contributed by atoms with van der Waals surface area (Å²) in [6.45, 7) is 4.65. The van der Waals surface area contributed by atoms with Gasteiger partial charge in [-0.15, -0.1) is 0 Å². The molecule has 1 N–H and O–H groups in total. The number of likely N-dealkylation sites (tertiary alicyclic amines) is 1. The molecule has 1 aromatic rings. The van der Waals surface area contributed by atoms with Crippen molar-refractivity contribution in [3.63, 3.8) is 0 Å². The van der Waals surface area contributed by atoms with Gasteiger partial charge >= 0.3 is 0 Å². The normalized spacial score (nSPS) is 15.9. The highest BCUT2D eigenvalue weighted by atomic mass is 16.5. The van der Waals surface area contributed by atoms with Crippen molar-refractivity contribution in [3.8, 4) is 11.5 Å². The van der Waals surface area contributed by atoms with Crippen LogP contribution in [-0.2, 0) is 0 Å². The number of hydrogen-bond acceptors (Lipinski definition) is 4. The van der Waals surface area contributed by atoms with Crippen molar-refractivity contribution in [1.29, 1.82) is 0 Å². The molecule has 1 aliphatic heterocycles. The highest BCUT2D eigenvalue weighted by molar-refractivity contribution is 5.97. The third-order valence-electron chi connectivity index (χ3n) is 3.91. The van der Waals surface area contributed by atoms with Crippen LogP contribution in [-0.4, -0.2) is 50.7 Å². The van der Waals surface area contributed by atoms with Crippen LogP contribution in [0.5, 0.6) is 11.5 Å². The molecule has 1 amide bonds. The minimum absolute atomic E-state index is 0.0319. The molecule has 1 aromatic carbocycles. The van der Waals surface area contributed by atoms with Gasteiger partial charge < -0.3 is 19.7 Å². The Morgan fingerprint density at radius 3 is 2.57 bits per heavy atom. The quantitative estimate of drug-likeness (QED) is 0.901. The summed E-state index contributed by atoms with van der Waals surface area (Å²) in [7, 11) is 3.17. The highest BCUT2D eigenvalue weighted by Gasteiger charge is 2.25. The van der Waals surface area contributed by atoms with Gasteiger partial charge in [-0.25, -0.2) is 0 Å². The van der Waals surface area contributed by atoms with Crippen molar-refractivity contribution < 1.29 is 14.3 Å². The molecule has 0 atom stereocenters. The second-order valence-corrected chi connectivity index (χ2v) is 5.19. The van der Waals surface area contributed by atoms with Gasteiger partial charge in [-0.1, -0.05) is 6.92 Å². The number of carbonyl (C=O) groups excluding carboxylic acids is 1. The van der Waals surface area contributed by atoms with Crippen molar-refractivity contribution in [2.75, 3.05) is 33.9 Å². The van der Waals surface area contributed by atoms with E-state index in [1.807, 2.05) is 4.90 Å². The summed E-state index contributed by atoms with van der Waals surface area (Å²) in [4.78, 5) is 14.5. The number of amides is 1. The fourth-order valence-corrected chi connectivity index (χ4v) is 2.72. The van der Waals surface area contributed by atoms with E-state index in [0.717, 1.165) is 32.5 Å². The lowest BCUT2D eigenvalue weighted by molar-refractivity contribution is 0.0702. The number of nitrogens with zero attached hydrogens (tertiary/aromatic N) is 1. The number of piperidine rings is 1. The maximum atomic E-state index is 12.6. The van der Waals surface area contributed by atoms with Crippen LogP contribution in [0.2, 0.25) is 0 Å². The summed E-state index contributed by atoms with van der Waals surface area (Å²) in [6, 6.07) is 5.84. The Balaban J connectivity index is 2.07. The van der Waals surface area contributed by atoms with E-state index >= 15 is 0 Å². The fraction of sp³-hybridized carbons (Fsp3) is 0.562. The molecule has 0 aromatic heterocycles. The van der Waals surface area contributed by atoms with Gasteiger partial charge in [0.25, 0.3) is 5.91 Å². The summed E-state index contributed by atoms with van der Waals surface area (Å²) in [5.41, 5.74) is 0.597. The Hall–Kier alpha value is -1.75. The van der Waals surface area contributed by atoms with Gasteiger partial charge in [-0.2, -0.15) is 0 Å². The summed E-state index contributed by atoms with van der Waals surface area (Å²) >= 11 is 0. The molecule has 0 radical (unpaired) electrons. The first kappa shape index (κ1) is 15.6. The maximum absolute atomic E-state index is 12.6. The van der Waals surface area contributed by atoms with E-state index < -0.39 is 0 Å². The van der Waals surface area contributed by atoms with Crippen LogP contribution in [0.4, 0.5) is 0 Å². The summed E-state index contributed by atoms with van der Waals surface area (Å²) in [5.74, 6) is 1.28. The molecule has 0 saturated carbocycles. The van der Waals surface area contributed by atoms with Gasteiger partial charge in [0.05, 0.1) is 19.8 Å². The summed E-state index contributed by atoms with van der Waals surface area (Å²) in [5, 5.41) is 3.44. The molecule has 5 nitrogen and oxygen atoms in total. The van der Waals surface area contributed by atoms with E-state index in [1.165, 1.54) is 0 Å². The van der Waals surface area contributed by atoms with Gasteiger partial charge in [0, 0.05) is 25.2 Å². The second kappa shape index (κ2) is 7.31. The van der Waals surface area contributed by atoms with E-state index in [1.54, 1.807) is 32.4 Å². The molecule has 5 heteroatoms. The molecule has 0 bridgehead atoms. The molecule has 1 aliphatic rings. The largest absolute Gasteiger partial charge is 0.497 e. The van der Waals surface area contributed by atoms with Crippen LogP contribution < -0.4 is 14.8 Å². The zero-order valence-electron chi connectivity index (χ0n) is 13.0. The average Bonchev–Trinajstić information content (AvgIpc) is 2.54. The number of nitrogens with one attached hydrogen (secondary N) is 1. The zero-order chi connectivity index (χ0) is 15.2. The monoisotopic (exact) mass is 292 g/mol. The lowest BCUT2D eigenvalue weighted by Gasteiger charge is -2.32. The number of methoxy groups -OCH3 is 2. The Kier molecular flexibility index (Phi) is 5.44. The van der Waals surface area contributed by atoms with Crippen molar-refractivity contribution in [2.45, 2.75) is 25.8 Å². The van der Waals surface area contributed by atoms with Crippen molar-refractivity contribution in [2.24, 2.45) is 0 Å².